The average Bonchev–Trinajstić information content (AvgIpc) is 1.62. The molecule has 99 heavy (non-hydrogen) atoms. The topological polar surface area (TPSA) is 490 Å². The Kier molecular flexibility index (Phi) is 28.1. The number of fused-ring (bicyclic) bond motifs is 5. The Morgan fingerprint density at radius 2 is 1.09 bits per heavy atom. The number of hydrogen-bond donors (Lipinski definition) is 11. The molecule has 4 aliphatic rings. The van der Waals surface area contributed by atoms with Crippen molar-refractivity contribution in [2.75, 3.05) is 61.4 Å². The van der Waals surface area contributed by atoms with E-state index in [1.165, 1.54) is 24.3 Å². The second-order valence-corrected chi connectivity index (χ2v) is 32.5. The smallest absolute Gasteiger partial charge is 0.294 e. The number of benzene rings is 2. The molecule has 4 unspecified atom stereocenters. The molecule has 0 saturated carbocycles. The number of carbonyl (C=O) groups excluding carboxylic acids is 8. The Bertz CT molecular complexity index is 4150. The normalized spacial score (nSPS) is 23.4. The van der Waals surface area contributed by atoms with E-state index in [2.05, 4.69) is 21.3 Å². The van der Waals surface area contributed by atoms with Crippen LogP contribution in [-0.2, 0) is 99.8 Å². The highest BCUT2D eigenvalue weighted by Gasteiger charge is 2.46. The van der Waals surface area contributed by atoms with Crippen molar-refractivity contribution in [3.63, 3.8) is 0 Å². The largest absolute Gasteiger partial charge is 0.356 e. The molecule has 32 nitrogen and oxygen atoms in total. The summed E-state index contributed by atoms with van der Waals surface area (Å²) in [7, 11) is -24.9. The van der Waals surface area contributed by atoms with Gasteiger partial charge in [0.15, 0.2) is 5.71 Å². The first-order valence-corrected chi connectivity index (χ1v) is 39.7. The molecule has 37 heteroatoms. The van der Waals surface area contributed by atoms with Gasteiger partial charge in [0.05, 0.1) is 15.2 Å². The third-order valence-electron chi connectivity index (χ3n) is 17.1. The van der Waals surface area contributed by atoms with Crippen LogP contribution in [0.15, 0.2) is 94.4 Å². The minimum Gasteiger partial charge on any atom is -0.356 e. The number of nitrogens with one attached hydrogen (secondary N) is 6. The van der Waals surface area contributed by atoms with Crippen molar-refractivity contribution in [2.24, 2.45) is 0 Å². The van der Waals surface area contributed by atoms with E-state index in [-0.39, 0.29) is 87.8 Å². The molecule has 4 heterocycles. The quantitative estimate of drug-likeness (QED) is 0.0467. The van der Waals surface area contributed by atoms with E-state index in [1.54, 1.807) is 30.4 Å². The Hall–Kier alpha value is -7.62. The molecule has 0 saturated heterocycles. The van der Waals surface area contributed by atoms with Crippen molar-refractivity contribution >= 4 is 115 Å². The third-order valence-corrected chi connectivity index (χ3v) is 21.1. The molecule has 6 rings (SSSR count). The highest BCUT2D eigenvalue weighted by Crippen LogP contribution is 2.52. The zero-order chi connectivity index (χ0) is 73.3. The van der Waals surface area contributed by atoms with Gasteiger partial charge in [0.1, 0.15) is 41.9 Å². The van der Waals surface area contributed by atoms with Crippen LogP contribution in [0.25, 0.3) is 0 Å². The third kappa shape index (κ3) is 24.0. The number of unbranched alkanes of at least 4 members (excludes halogenated alkanes) is 2. The number of hydrogen-bond acceptors (Lipinski definition) is 19. The van der Waals surface area contributed by atoms with Gasteiger partial charge >= 0.3 is 0 Å². The van der Waals surface area contributed by atoms with Crippen molar-refractivity contribution in [2.45, 2.75) is 162 Å². The highest BCUT2D eigenvalue weighted by atomic mass is 32.2. The van der Waals surface area contributed by atoms with Crippen LogP contribution in [0.1, 0.15) is 135 Å². The number of allylic oxidation sites excluding steroid dienone is 6. The summed E-state index contributed by atoms with van der Waals surface area (Å²) in [4.78, 5) is 106. The van der Waals surface area contributed by atoms with Crippen LogP contribution in [0.5, 0.6) is 0 Å². The number of carbonyl (C=O) groups is 8. The van der Waals surface area contributed by atoms with E-state index in [1.807, 2.05) is 53.0 Å². The van der Waals surface area contributed by atoms with Crippen molar-refractivity contribution in [1.29, 1.82) is 0 Å². The standard InChI is InChI=1S/C62H85N9O23S5/c1-61(2)44-37-42(98(89,90)91)24-26-49(44)69-34-17-6-12-21-53(72)63-31-15-8-16-32-65-58(77)46(39-95(80,81)82)67-60(79)48(41-97(86,87)88)68-59(78)47(40-96(83,84)85)66-55(74)23-11-5-14-30-62(3)45-38-43(99(92,93)94)25-27-50(45)70(52(62)20-10-4-9-19-51(61)69)35-18-7-13-22-54(73)64-33-36-71-56(75)28-29-57(71)76/h4,9-10,19-20,24-29,37-38,46-48H,5-8,11-18,21-23,30-36,39-41H2,1-3H3,(H10-,63,64,65,66,67,68,72,73,74,77,78,79,80,81,82,83,84,85,86,87,88,89,90,91,92,93,94)/p+1. The minimum absolute atomic E-state index is 0.0112. The molecule has 4 atom stereocenters. The van der Waals surface area contributed by atoms with Gasteiger partial charge < -0.3 is 36.8 Å². The van der Waals surface area contributed by atoms with Gasteiger partial charge in [-0.1, -0.05) is 37.5 Å². The molecular formula is C62H86N9O23S5+. The van der Waals surface area contributed by atoms with Crippen LogP contribution in [0.2, 0.25) is 0 Å². The van der Waals surface area contributed by atoms with Crippen molar-refractivity contribution in [3.8, 4) is 0 Å². The van der Waals surface area contributed by atoms with E-state index in [0.717, 1.165) is 22.8 Å². The van der Waals surface area contributed by atoms with E-state index < -0.39 is 144 Å². The lowest BCUT2D eigenvalue weighted by Gasteiger charge is -2.30. The fourth-order valence-corrected chi connectivity index (χ4v) is 15.1. The van der Waals surface area contributed by atoms with E-state index in [0.29, 0.717) is 92.7 Å². The molecule has 0 aromatic heterocycles. The maximum atomic E-state index is 13.7. The molecule has 0 aliphatic carbocycles. The second kappa shape index (κ2) is 34.6. The lowest BCUT2D eigenvalue weighted by molar-refractivity contribution is -0.438. The summed E-state index contributed by atoms with van der Waals surface area (Å²) in [5, 5.41) is 13.7. The van der Waals surface area contributed by atoms with Gasteiger partial charge in [0.2, 0.25) is 41.1 Å². The Morgan fingerprint density at radius 1 is 0.556 bits per heavy atom. The lowest BCUT2D eigenvalue weighted by atomic mass is 9.77. The van der Waals surface area contributed by atoms with Crippen molar-refractivity contribution in [1.82, 2.24) is 36.8 Å². The monoisotopic (exact) mass is 1480 g/mol. The fraction of sp³-hybridized carbons (Fsp3) is 0.532. The maximum absolute atomic E-state index is 13.7. The lowest BCUT2D eigenvalue weighted by Crippen LogP contribution is -2.60. The van der Waals surface area contributed by atoms with Crippen LogP contribution in [0.4, 0.5) is 11.4 Å². The molecule has 0 spiro atoms. The Balaban J connectivity index is 1.32. The molecule has 0 fully saturated rings. The summed E-state index contributed by atoms with van der Waals surface area (Å²) in [5.41, 5.74) is 1.89. The highest BCUT2D eigenvalue weighted by molar-refractivity contribution is 7.86. The molecule has 546 valence electrons. The van der Waals surface area contributed by atoms with Crippen LogP contribution in [0, 0.1) is 0 Å². The molecule has 0 radical (unpaired) electrons. The Morgan fingerprint density at radius 3 is 1.69 bits per heavy atom. The molecule has 2 aromatic rings. The molecule has 4 aliphatic heterocycles. The SMILES string of the molecule is CC1(C)C2=[N+](CCCCCC(=O)NCCCCCNC(=O)C(CS(=O)(=O)O)NC(=O)C(CS(=O)(=O)O)NC(=O)C(CS(=O)(=O)O)NC(=O)CCCCCC3(C)/C(=C/C=C/C=C/2)N(CCCCCC(=O)NCCN2C(=O)C=CC2=O)c2ccc(S(=O)(=O)O)cc23)c2ccc(S(=O)(=O)O)cc21. The summed E-state index contributed by atoms with van der Waals surface area (Å²) in [5.74, 6) is -11.7. The van der Waals surface area contributed by atoms with Crippen LogP contribution in [0.3, 0.4) is 0 Å². The molecular weight excluding hydrogens is 1400 g/mol. The average molecular weight is 1490 g/mol. The minimum atomic E-state index is -5.25. The number of rotatable bonds is 17. The fourth-order valence-electron chi connectivity index (χ4n) is 12.1. The molecule has 2 aromatic carbocycles. The first-order chi connectivity index (χ1) is 46.2. The van der Waals surface area contributed by atoms with Gasteiger partial charge in [-0.05, 0) is 121 Å². The van der Waals surface area contributed by atoms with Gasteiger partial charge in [-0.15, -0.1) is 0 Å². The first-order valence-electron chi connectivity index (χ1n) is 32.0. The predicted molar refractivity (Wildman–Crippen MR) is 360 cm³/mol. The summed E-state index contributed by atoms with van der Waals surface area (Å²) in [6, 6.07) is 1.64. The second-order valence-electron chi connectivity index (χ2n) is 25.1. The molecule has 11 N–H and O–H groups in total. The summed E-state index contributed by atoms with van der Waals surface area (Å²) in [6.45, 7) is 6.53. The number of imide groups is 1. The van der Waals surface area contributed by atoms with E-state index in [4.69, 9.17) is 0 Å². The van der Waals surface area contributed by atoms with Gasteiger partial charge in [0, 0.05) is 105 Å². The number of nitrogens with zero attached hydrogens (tertiary/aromatic N) is 3. The predicted octanol–water partition coefficient (Wildman–Crippen LogP) is 1.98. The first kappa shape index (κ1) is 80.4. The van der Waals surface area contributed by atoms with Gasteiger partial charge in [0.25, 0.3) is 62.4 Å². The maximum Gasteiger partial charge on any atom is 0.294 e. The van der Waals surface area contributed by atoms with E-state index >= 15 is 0 Å². The molecule has 8 amide bonds. The van der Waals surface area contributed by atoms with Crippen molar-refractivity contribution < 1.29 is 108 Å². The summed E-state index contributed by atoms with van der Waals surface area (Å²) in [6.07, 6.45) is 16.0. The van der Waals surface area contributed by atoms with Crippen LogP contribution < -0.4 is 36.8 Å². The van der Waals surface area contributed by atoms with Gasteiger partial charge in [-0.3, -0.25) is 66.0 Å². The number of anilines is 1. The van der Waals surface area contributed by atoms with Crippen molar-refractivity contribution in [3.05, 3.63) is 95.8 Å². The zero-order valence-electron chi connectivity index (χ0n) is 54.9. The molecule has 0 bridgehead atoms. The van der Waals surface area contributed by atoms with Gasteiger partial charge in [-0.25, -0.2) is 0 Å². The summed E-state index contributed by atoms with van der Waals surface area (Å²) < 4.78 is 175. The van der Waals surface area contributed by atoms with Gasteiger partial charge in [-0.2, -0.15) is 46.7 Å². The van der Waals surface area contributed by atoms with E-state index in [9.17, 15) is 103 Å². The van der Waals surface area contributed by atoms with Crippen LogP contribution in [-0.4, -0.2) is 202 Å². The van der Waals surface area contributed by atoms with Crippen LogP contribution >= 0.6 is 0 Å². The zero-order valence-corrected chi connectivity index (χ0v) is 59.0. The number of amides is 8. The Labute approximate surface area is 575 Å². The summed E-state index contributed by atoms with van der Waals surface area (Å²) >= 11 is 0.